The number of nitrogens with one attached hydrogen (secondary N) is 2. The Bertz CT molecular complexity index is 2210. The van der Waals surface area contributed by atoms with E-state index in [9.17, 15) is 19.5 Å². The smallest absolute Gasteiger partial charge is 0.328 e. The predicted molar refractivity (Wildman–Crippen MR) is 198 cm³/mol. The molecule has 0 bridgehead atoms. The van der Waals surface area contributed by atoms with E-state index in [1.165, 1.54) is 0 Å². The second-order valence-corrected chi connectivity index (χ2v) is 14.7. The summed E-state index contributed by atoms with van der Waals surface area (Å²) in [5, 5.41) is 22.0. The van der Waals surface area contributed by atoms with E-state index in [1.807, 2.05) is 36.0 Å². The second-order valence-electron chi connectivity index (χ2n) is 14.3. The van der Waals surface area contributed by atoms with Crippen molar-refractivity contribution >= 4 is 68.5 Å². The summed E-state index contributed by atoms with van der Waals surface area (Å²) in [6.07, 6.45) is 4.60. The normalized spacial score (nSPS) is 17.4. The Morgan fingerprint density at radius 2 is 1.80 bits per heavy atom. The van der Waals surface area contributed by atoms with E-state index < -0.39 is 11.5 Å². The zero-order valence-corrected chi connectivity index (χ0v) is 30.2. The largest absolute Gasteiger partial charge is 0.390 e. The lowest BCUT2D eigenvalue weighted by molar-refractivity contribution is -0.134. The topological polar surface area (TPSA) is 155 Å². The van der Waals surface area contributed by atoms with Crippen molar-refractivity contribution in [3.8, 4) is 0 Å². The minimum atomic E-state index is -0.897. The first-order chi connectivity index (χ1) is 24.3. The van der Waals surface area contributed by atoms with Gasteiger partial charge in [-0.25, -0.2) is 9.78 Å². The average molecular weight is 715 g/mol. The molecular formula is C36H43ClN10O4. The number of nitrogens with zero attached hydrogens (tertiary/aromatic N) is 8. The average Bonchev–Trinajstić information content (AvgIpc) is 3.55. The van der Waals surface area contributed by atoms with Crippen molar-refractivity contribution in [1.29, 1.82) is 0 Å². The molecular weight excluding hydrogens is 672 g/mol. The van der Waals surface area contributed by atoms with Gasteiger partial charge >= 0.3 is 5.69 Å². The lowest BCUT2D eigenvalue weighted by atomic mass is 9.92. The fourth-order valence-electron chi connectivity index (χ4n) is 7.19. The number of hydrogen-bond acceptors (Lipinski definition) is 10. The quantitative estimate of drug-likeness (QED) is 0.189. The zero-order chi connectivity index (χ0) is 36.2. The molecule has 3 aromatic heterocycles. The van der Waals surface area contributed by atoms with Crippen LogP contribution >= 0.6 is 11.6 Å². The van der Waals surface area contributed by atoms with Crippen LogP contribution in [0, 0.1) is 0 Å². The number of carbonyl (C=O) groups is 2. The second kappa shape index (κ2) is 13.3. The van der Waals surface area contributed by atoms with E-state index in [1.54, 1.807) is 36.2 Å². The van der Waals surface area contributed by atoms with E-state index in [0.717, 1.165) is 59.2 Å². The van der Waals surface area contributed by atoms with Gasteiger partial charge < -0.3 is 20.2 Å². The Hall–Kier alpha value is -4.95. The molecule has 51 heavy (non-hydrogen) atoms. The SMILES string of the molecule is CN(c1ccc2c(C3CCC(=O)NC3=O)nn(C)c2c1)C1CCN(c2ncc(Cl)c(Nc3ccc4c(c3)n(CCC(C)(C)O)c(=O)n4C)n2)CC1. The molecule has 2 fully saturated rings. The number of aromatic nitrogens is 6. The summed E-state index contributed by atoms with van der Waals surface area (Å²) in [5.74, 6) is 0.102. The lowest BCUT2D eigenvalue weighted by Gasteiger charge is -2.38. The molecule has 2 aromatic carbocycles. The van der Waals surface area contributed by atoms with Crippen LogP contribution in [0.15, 0.2) is 47.4 Å². The summed E-state index contributed by atoms with van der Waals surface area (Å²) in [6.45, 7) is 5.37. The van der Waals surface area contributed by atoms with Crippen LogP contribution in [-0.4, -0.2) is 77.6 Å². The highest BCUT2D eigenvalue weighted by molar-refractivity contribution is 6.33. The van der Waals surface area contributed by atoms with Crippen molar-refractivity contribution in [2.45, 2.75) is 70.1 Å². The Kier molecular flexibility index (Phi) is 9.00. The van der Waals surface area contributed by atoms with Crippen LogP contribution in [0.4, 0.5) is 23.1 Å². The first-order valence-electron chi connectivity index (χ1n) is 17.3. The van der Waals surface area contributed by atoms with Gasteiger partial charge in [0.25, 0.3) is 0 Å². The van der Waals surface area contributed by atoms with Crippen molar-refractivity contribution in [2.75, 3.05) is 35.3 Å². The molecule has 3 N–H and O–H groups in total. The number of aryl methyl sites for hydroxylation is 3. The van der Waals surface area contributed by atoms with E-state index in [4.69, 9.17) is 16.6 Å². The van der Waals surface area contributed by atoms with Gasteiger partial charge in [0.2, 0.25) is 17.8 Å². The highest BCUT2D eigenvalue weighted by Crippen LogP contribution is 2.34. The van der Waals surface area contributed by atoms with Gasteiger partial charge in [0.05, 0.1) is 40.0 Å². The maximum absolute atomic E-state index is 13.0. The van der Waals surface area contributed by atoms with Gasteiger partial charge in [-0.05, 0) is 75.9 Å². The molecule has 7 rings (SSSR count). The van der Waals surface area contributed by atoms with Crippen LogP contribution in [0.2, 0.25) is 5.02 Å². The third-order valence-corrected chi connectivity index (χ3v) is 10.5. The number of imide groups is 1. The predicted octanol–water partition coefficient (Wildman–Crippen LogP) is 4.20. The number of hydrogen-bond donors (Lipinski definition) is 3. The minimum absolute atomic E-state index is 0.140. The molecule has 1 unspecified atom stereocenters. The van der Waals surface area contributed by atoms with Crippen LogP contribution < -0.4 is 26.1 Å². The molecule has 268 valence electrons. The molecule has 5 aromatic rings. The van der Waals surface area contributed by atoms with Gasteiger partial charge in [0.15, 0.2) is 5.82 Å². The Morgan fingerprint density at radius 1 is 1.04 bits per heavy atom. The van der Waals surface area contributed by atoms with E-state index in [0.29, 0.717) is 48.3 Å². The molecule has 0 aliphatic carbocycles. The van der Waals surface area contributed by atoms with Crippen molar-refractivity contribution < 1.29 is 14.7 Å². The van der Waals surface area contributed by atoms with E-state index in [-0.39, 0.29) is 23.5 Å². The van der Waals surface area contributed by atoms with Gasteiger partial charge in [-0.15, -0.1) is 0 Å². The molecule has 1 atom stereocenters. The number of fused-ring (bicyclic) bond motifs is 2. The molecule has 0 saturated carbocycles. The van der Waals surface area contributed by atoms with Gasteiger partial charge in [0.1, 0.15) is 5.02 Å². The zero-order valence-electron chi connectivity index (χ0n) is 29.5. The molecule has 0 spiro atoms. The first kappa shape index (κ1) is 34.5. The number of carbonyl (C=O) groups excluding carboxylic acids is 2. The number of amides is 2. The number of piperidine rings is 2. The third kappa shape index (κ3) is 6.77. The molecule has 0 radical (unpaired) electrons. The van der Waals surface area contributed by atoms with E-state index in [2.05, 4.69) is 49.7 Å². The van der Waals surface area contributed by atoms with Crippen LogP contribution in [0.25, 0.3) is 21.9 Å². The first-order valence-corrected chi connectivity index (χ1v) is 17.6. The van der Waals surface area contributed by atoms with Gasteiger partial charge in [0, 0.05) is 70.0 Å². The maximum Gasteiger partial charge on any atom is 0.328 e. The van der Waals surface area contributed by atoms with Crippen molar-refractivity contribution in [2.24, 2.45) is 14.1 Å². The molecule has 5 heterocycles. The highest BCUT2D eigenvalue weighted by atomic mass is 35.5. The lowest BCUT2D eigenvalue weighted by Crippen LogP contribution is -2.44. The van der Waals surface area contributed by atoms with Gasteiger partial charge in [-0.2, -0.15) is 10.1 Å². The van der Waals surface area contributed by atoms with Crippen molar-refractivity contribution in [1.82, 2.24) is 34.2 Å². The standard InChI is InChI=1S/C36H43ClN10O4/c1-36(2,51)14-17-47-29-18-21(6-10-27(29)44(4)35(47)50)39-32-26(37)20-38-34(41-32)46-15-12-22(13-16-46)43(3)23-7-8-24-28(19-23)45(5)42-31(24)25-9-11-30(48)40-33(25)49/h6-8,10,18-20,22,25,51H,9,11-17H2,1-5H3,(H,38,39,41)(H,40,48,49). The van der Waals surface area contributed by atoms with Crippen LogP contribution in [0.3, 0.4) is 0 Å². The Balaban J connectivity index is 1.03. The monoisotopic (exact) mass is 714 g/mol. The number of anilines is 4. The number of aliphatic hydroxyl groups is 1. The number of rotatable bonds is 9. The van der Waals surface area contributed by atoms with E-state index >= 15 is 0 Å². The summed E-state index contributed by atoms with van der Waals surface area (Å²) < 4.78 is 5.10. The summed E-state index contributed by atoms with van der Waals surface area (Å²) in [7, 11) is 5.73. The summed E-state index contributed by atoms with van der Waals surface area (Å²) in [5.41, 5.74) is 3.95. The highest BCUT2D eigenvalue weighted by Gasteiger charge is 2.32. The molecule has 14 nitrogen and oxygen atoms in total. The fraction of sp³-hybridized carbons (Fsp3) is 0.444. The van der Waals surface area contributed by atoms with Crippen molar-refractivity contribution in [3.63, 3.8) is 0 Å². The number of benzene rings is 2. The molecule has 2 aliphatic rings. The maximum atomic E-state index is 13.0. The van der Waals surface area contributed by atoms with Crippen molar-refractivity contribution in [3.05, 3.63) is 63.8 Å². The molecule has 2 saturated heterocycles. The van der Waals surface area contributed by atoms with Crippen LogP contribution in [-0.2, 0) is 30.2 Å². The molecule has 15 heteroatoms. The minimum Gasteiger partial charge on any atom is -0.390 e. The van der Waals surface area contributed by atoms with Gasteiger partial charge in [-0.3, -0.25) is 28.7 Å². The fourth-order valence-corrected chi connectivity index (χ4v) is 7.33. The summed E-state index contributed by atoms with van der Waals surface area (Å²) in [4.78, 5) is 51.0. The molecule has 2 aliphatic heterocycles. The van der Waals surface area contributed by atoms with Crippen LogP contribution in [0.1, 0.15) is 57.6 Å². The number of halogens is 1. The number of imidazole rings is 1. The van der Waals surface area contributed by atoms with Crippen LogP contribution in [0.5, 0.6) is 0 Å². The summed E-state index contributed by atoms with van der Waals surface area (Å²) in [6, 6.07) is 12.2. The Morgan fingerprint density at radius 3 is 2.53 bits per heavy atom. The molecule has 2 amide bonds. The van der Waals surface area contributed by atoms with Gasteiger partial charge in [-0.1, -0.05) is 11.6 Å². The Labute approximate surface area is 300 Å². The third-order valence-electron chi connectivity index (χ3n) is 10.2. The summed E-state index contributed by atoms with van der Waals surface area (Å²) >= 11 is 6.57.